The molecule has 8 nitrogen and oxygen atoms in total. The monoisotopic (exact) mass is 594 g/mol. The van der Waals surface area contributed by atoms with E-state index in [4.69, 9.17) is 25.8 Å². The number of carbonyl (C=O) groups is 1. The summed E-state index contributed by atoms with van der Waals surface area (Å²) in [5, 5.41) is 3.41. The molecule has 3 heterocycles. The molecule has 1 amide bonds. The van der Waals surface area contributed by atoms with Crippen LogP contribution in [0.3, 0.4) is 0 Å². The van der Waals surface area contributed by atoms with Gasteiger partial charge in [0.2, 0.25) is 0 Å². The van der Waals surface area contributed by atoms with Crippen molar-refractivity contribution < 1.29 is 23.4 Å². The zero-order chi connectivity index (χ0) is 30.8. The van der Waals surface area contributed by atoms with E-state index in [1.54, 1.807) is 62.8 Å². The minimum absolute atomic E-state index is 0.158. The fraction of sp³-hybridized carbons (Fsp3) is 0.281. The second-order valence-corrected chi connectivity index (χ2v) is 8.93. The summed E-state index contributed by atoms with van der Waals surface area (Å²) >= 11 is 6.36. The van der Waals surface area contributed by atoms with Crippen LogP contribution in [0.25, 0.3) is 11.3 Å². The Kier molecular flexibility index (Phi) is 11.5. The van der Waals surface area contributed by atoms with Gasteiger partial charge in [0.25, 0.3) is 5.91 Å². The van der Waals surface area contributed by atoms with Gasteiger partial charge in [0, 0.05) is 11.6 Å². The number of nitrogens with one attached hydrogen (secondary N) is 1. The van der Waals surface area contributed by atoms with E-state index >= 15 is 0 Å². The van der Waals surface area contributed by atoms with Crippen molar-refractivity contribution in [3.8, 4) is 28.5 Å². The lowest BCUT2D eigenvalue weighted by Crippen LogP contribution is -2.24. The molecule has 42 heavy (non-hydrogen) atoms. The van der Waals surface area contributed by atoms with Crippen LogP contribution in [0.1, 0.15) is 49.3 Å². The Hall–Kier alpha value is -4.37. The van der Waals surface area contributed by atoms with Crippen LogP contribution in [-0.2, 0) is 13.1 Å². The molecule has 0 saturated heterocycles. The summed E-state index contributed by atoms with van der Waals surface area (Å²) < 4.78 is 30.8. The lowest BCUT2D eigenvalue weighted by molar-refractivity contribution is 0.0766. The number of hydrogen-bond donors (Lipinski definition) is 1. The largest absolute Gasteiger partial charge is 0.497 e. The van der Waals surface area contributed by atoms with Crippen molar-refractivity contribution in [3.63, 3.8) is 0 Å². The maximum Gasteiger partial charge on any atom is 0.258 e. The highest BCUT2D eigenvalue weighted by Crippen LogP contribution is 2.38. The fourth-order valence-electron chi connectivity index (χ4n) is 4.36. The van der Waals surface area contributed by atoms with Crippen LogP contribution in [0.2, 0.25) is 5.02 Å². The third-order valence-electron chi connectivity index (χ3n) is 6.25. The van der Waals surface area contributed by atoms with E-state index in [2.05, 4.69) is 15.3 Å². The standard InChI is InChI=1S/C28H24ClFN4O4.2C2H6/c1-36-17-8-7-16(24(11-17)38-3)14-34-15-23-27(28(34)35)22(33-25-10-9-18(37-2)13-31-25)12-21(32-23)26-19(29)5-4-6-20(26)30;2*1-2/h4-13H,14-15H2,1-3H3,(H,31,32,33);2*1-2H3. The zero-order valence-corrected chi connectivity index (χ0v) is 25.7. The first-order valence-corrected chi connectivity index (χ1v) is 14.0. The highest BCUT2D eigenvalue weighted by Gasteiger charge is 2.33. The number of nitrogens with zero attached hydrogens (tertiary/aromatic N) is 3. The van der Waals surface area contributed by atoms with Crippen LogP contribution >= 0.6 is 11.6 Å². The van der Waals surface area contributed by atoms with Crippen molar-refractivity contribution in [3.05, 3.63) is 88.5 Å². The summed E-state index contributed by atoms with van der Waals surface area (Å²) in [6.07, 6.45) is 1.56. The van der Waals surface area contributed by atoms with Crippen molar-refractivity contribution >= 4 is 29.0 Å². The van der Waals surface area contributed by atoms with Crippen LogP contribution in [-0.4, -0.2) is 42.1 Å². The lowest BCUT2D eigenvalue weighted by atomic mass is 10.1. The summed E-state index contributed by atoms with van der Waals surface area (Å²) in [5.41, 5.74) is 2.58. The number of pyridine rings is 2. The van der Waals surface area contributed by atoms with Gasteiger partial charge in [0.05, 0.1) is 73.8 Å². The minimum atomic E-state index is -0.511. The van der Waals surface area contributed by atoms with Crippen LogP contribution in [0.5, 0.6) is 17.2 Å². The number of ether oxygens (including phenoxy) is 3. The van der Waals surface area contributed by atoms with E-state index in [0.29, 0.717) is 45.7 Å². The van der Waals surface area contributed by atoms with Gasteiger partial charge >= 0.3 is 0 Å². The molecule has 0 spiro atoms. The van der Waals surface area contributed by atoms with Gasteiger partial charge in [-0.15, -0.1) is 0 Å². The van der Waals surface area contributed by atoms with Gasteiger partial charge in [-0.2, -0.15) is 0 Å². The molecule has 0 radical (unpaired) electrons. The third-order valence-corrected chi connectivity index (χ3v) is 6.56. The van der Waals surface area contributed by atoms with Crippen LogP contribution in [0, 0.1) is 5.82 Å². The van der Waals surface area contributed by atoms with Gasteiger partial charge in [-0.25, -0.2) is 14.4 Å². The predicted molar refractivity (Wildman–Crippen MR) is 165 cm³/mol. The summed E-state index contributed by atoms with van der Waals surface area (Å²) in [7, 11) is 4.69. The third kappa shape index (κ3) is 6.91. The minimum Gasteiger partial charge on any atom is -0.497 e. The van der Waals surface area contributed by atoms with Gasteiger partial charge in [-0.3, -0.25) is 4.79 Å². The van der Waals surface area contributed by atoms with Crippen LogP contribution in [0.4, 0.5) is 15.9 Å². The van der Waals surface area contributed by atoms with Crippen molar-refractivity contribution in [2.45, 2.75) is 40.8 Å². The highest BCUT2D eigenvalue weighted by atomic mass is 35.5. The Morgan fingerprint density at radius 3 is 2.26 bits per heavy atom. The first kappa shape index (κ1) is 32.1. The molecule has 1 N–H and O–H groups in total. The number of rotatable bonds is 8. The van der Waals surface area contributed by atoms with E-state index < -0.39 is 5.82 Å². The molecule has 0 unspecified atom stereocenters. The van der Waals surface area contributed by atoms with E-state index in [1.165, 1.54) is 12.1 Å². The number of fused-ring (bicyclic) bond motifs is 1. The number of anilines is 2. The van der Waals surface area contributed by atoms with Gasteiger partial charge in [-0.1, -0.05) is 45.4 Å². The molecule has 0 fully saturated rings. The number of aromatic nitrogens is 2. The predicted octanol–water partition coefficient (Wildman–Crippen LogP) is 7.91. The average molecular weight is 595 g/mol. The summed E-state index contributed by atoms with van der Waals surface area (Å²) in [5.74, 6) is 1.57. The SMILES string of the molecule is CC.CC.COc1ccc(Nc2cc(-c3c(F)cccc3Cl)nc3c2C(=O)N(Cc2ccc(OC)cc2OC)C3)nc1. The van der Waals surface area contributed by atoms with Crippen molar-refractivity contribution in [1.29, 1.82) is 0 Å². The molecular weight excluding hydrogens is 559 g/mol. The number of carbonyl (C=O) groups excluding carboxylic acids is 1. The molecule has 5 rings (SSSR count). The Balaban J connectivity index is 0.00000116. The van der Waals surface area contributed by atoms with Crippen LogP contribution < -0.4 is 19.5 Å². The Labute approximate surface area is 251 Å². The molecule has 0 atom stereocenters. The van der Waals surface area contributed by atoms with Gasteiger partial charge in [0.15, 0.2) is 0 Å². The van der Waals surface area contributed by atoms with Crippen molar-refractivity contribution in [2.24, 2.45) is 0 Å². The Morgan fingerprint density at radius 2 is 1.64 bits per heavy atom. The molecule has 0 saturated carbocycles. The maximum absolute atomic E-state index is 14.8. The van der Waals surface area contributed by atoms with E-state index in [0.717, 1.165) is 5.56 Å². The zero-order valence-electron chi connectivity index (χ0n) is 24.9. The normalized spacial score (nSPS) is 11.5. The molecule has 222 valence electrons. The van der Waals surface area contributed by atoms with Crippen molar-refractivity contribution in [2.75, 3.05) is 26.6 Å². The first-order chi connectivity index (χ1) is 20.4. The van der Waals surface area contributed by atoms with E-state index in [1.807, 2.05) is 39.8 Å². The second-order valence-electron chi connectivity index (χ2n) is 8.52. The number of halogens is 2. The highest BCUT2D eigenvalue weighted by molar-refractivity contribution is 6.33. The number of methoxy groups -OCH3 is 3. The molecule has 4 aromatic rings. The van der Waals surface area contributed by atoms with Crippen molar-refractivity contribution in [1.82, 2.24) is 14.9 Å². The molecule has 10 heteroatoms. The average Bonchev–Trinajstić information content (AvgIpc) is 3.34. The molecule has 0 bridgehead atoms. The Morgan fingerprint density at radius 1 is 0.929 bits per heavy atom. The van der Waals surface area contributed by atoms with E-state index in [-0.39, 0.29) is 29.6 Å². The maximum atomic E-state index is 14.8. The van der Waals surface area contributed by atoms with Gasteiger partial charge in [0.1, 0.15) is 28.9 Å². The number of hydrogen-bond acceptors (Lipinski definition) is 7. The van der Waals surface area contributed by atoms with Crippen LogP contribution in [0.15, 0.2) is 60.8 Å². The summed E-state index contributed by atoms with van der Waals surface area (Å²) in [6.45, 7) is 8.49. The molecule has 2 aromatic carbocycles. The molecule has 1 aliphatic heterocycles. The number of benzene rings is 2. The topological polar surface area (TPSA) is 85.8 Å². The lowest BCUT2D eigenvalue weighted by Gasteiger charge is -2.18. The quantitative estimate of drug-likeness (QED) is 0.222. The Bertz CT molecular complexity index is 1500. The smallest absolute Gasteiger partial charge is 0.258 e. The van der Waals surface area contributed by atoms with Gasteiger partial charge in [-0.05, 0) is 42.5 Å². The fourth-order valence-corrected chi connectivity index (χ4v) is 4.62. The van der Waals surface area contributed by atoms with E-state index in [9.17, 15) is 9.18 Å². The number of amides is 1. The second kappa shape index (κ2) is 15.0. The first-order valence-electron chi connectivity index (χ1n) is 13.7. The van der Waals surface area contributed by atoms with Gasteiger partial charge < -0.3 is 24.4 Å². The molecule has 0 aliphatic carbocycles. The molecule has 1 aliphatic rings. The molecular formula is C32H36ClFN4O4. The summed E-state index contributed by atoms with van der Waals surface area (Å²) in [6, 6.07) is 15.0. The summed E-state index contributed by atoms with van der Waals surface area (Å²) in [4.78, 5) is 24.3. The molecule has 2 aromatic heterocycles.